The van der Waals surface area contributed by atoms with E-state index >= 15 is 0 Å². The second kappa shape index (κ2) is 21.0. The molecule has 0 fully saturated rings. The van der Waals surface area contributed by atoms with E-state index in [-0.39, 0.29) is 17.0 Å². The van der Waals surface area contributed by atoms with Gasteiger partial charge in [0.25, 0.3) is 0 Å². The van der Waals surface area contributed by atoms with Gasteiger partial charge in [-0.3, -0.25) is 9.97 Å². The molecule has 0 saturated heterocycles. The van der Waals surface area contributed by atoms with Gasteiger partial charge in [0.05, 0.1) is 21.1 Å². The van der Waals surface area contributed by atoms with Crippen LogP contribution in [0.1, 0.15) is 33.4 Å². The minimum atomic E-state index is -0.446. The number of hydrogen-bond acceptors (Lipinski definition) is 2. The molecule has 0 spiro atoms. The van der Waals surface area contributed by atoms with Gasteiger partial charge in [0.1, 0.15) is 6.54 Å². The number of aromatic nitrogens is 2. The molecule has 0 aliphatic carbocycles. The van der Waals surface area contributed by atoms with Crippen LogP contribution in [0.2, 0.25) is 0 Å². The van der Waals surface area contributed by atoms with Crippen molar-refractivity contribution in [3.05, 3.63) is 234 Å². The minimum Gasteiger partial charge on any atom is -1.00 e. The van der Waals surface area contributed by atoms with Crippen LogP contribution in [0.25, 0.3) is 22.3 Å². The minimum absolute atomic E-state index is 0. The first-order valence-electron chi connectivity index (χ1n) is 19.7. The fraction of sp³-hybridized carbons (Fsp3) is 0.0909. The van der Waals surface area contributed by atoms with Crippen molar-refractivity contribution in [3.8, 4) is 45.9 Å². The summed E-state index contributed by atoms with van der Waals surface area (Å²) in [6.45, 7) is 3.01. The van der Waals surface area contributed by atoms with E-state index in [4.69, 9.17) is 0 Å². The van der Waals surface area contributed by atoms with Crippen LogP contribution < -0.4 is 32.9 Å². The molecule has 0 atom stereocenters. The standard InChI is InChI=1S/C37H32N3.C18H15P.BrH/c1-28-36(15-9-29-5-11-32(12-6-29)34-17-21-38-22-18-34)25-31(27-40(2,3)4)26-37(28)16-10-30-7-13-33(14-8-30)35-19-23-39-24-20-35;1-4-10-16(11-5-1)19(17-12-6-2-7-13-17)18-14-8-3-9-15-18;/h5-8,11-14,17-26H,27H2,1-4H3;1-15H;1H/q+1;;/p-1. The van der Waals surface area contributed by atoms with E-state index in [0.717, 1.165) is 61.1 Å². The Hall–Kier alpha value is -6.39. The molecule has 0 N–H and O–H groups in total. The van der Waals surface area contributed by atoms with Gasteiger partial charge in [-0.25, -0.2) is 0 Å². The largest absolute Gasteiger partial charge is 1.00 e. The van der Waals surface area contributed by atoms with E-state index in [1.165, 1.54) is 21.5 Å². The molecule has 8 rings (SSSR count). The summed E-state index contributed by atoms with van der Waals surface area (Å²) in [5.41, 5.74) is 10.9. The summed E-state index contributed by atoms with van der Waals surface area (Å²) in [6, 6.07) is 61.5. The Morgan fingerprint density at radius 3 is 1.10 bits per heavy atom. The van der Waals surface area contributed by atoms with Crippen molar-refractivity contribution >= 4 is 23.8 Å². The number of halogens is 1. The van der Waals surface area contributed by atoms with Crippen molar-refractivity contribution in [1.29, 1.82) is 0 Å². The molecule has 60 heavy (non-hydrogen) atoms. The van der Waals surface area contributed by atoms with Crippen LogP contribution >= 0.6 is 7.92 Å². The summed E-state index contributed by atoms with van der Waals surface area (Å²) in [7, 11) is 6.15. The van der Waals surface area contributed by atoms with E-state index in [9.17, 15) is 0 Å². The van der Waals surface area contributed by atoms with Crippen LogP contribution in [-0.4, -0.2) is 35.6 Å². The van der Waals surface area contributed by atoms with Crippen molar-refractivity contribution in [2.45, 2.75) is 13.5 Å². The quantitative estimate of drug-likeness (QED) is 0.0940. The van der Waals surface area contributed by atoms with Crippen LogP contribution in [0.4, 0.5) is 0 Å². The van der Waals surface area contributed by atoms with Gasteiger partial charge >= 0.3 is 0 Å². The van der Waals surface area contributed by atoms with E-state index in [1.807, 2.05) is 49.1 Å². The predicted molar refractivity (Wildman–Crippen MR) is 249 cm³/mol. The Morgan fingerprint density at radius 1 is 0.433 bits per heavy atom. The third-order valence-corrected chi connectivity index (χ3v) is 12.1. The molecule has 0 saturated carbocycles. The molecular weight excluding hydrogens is 814 g/mol. The molecule has 2 heterocycles. The average Bonchev–Trinajstić information content (AvgIpc) is 3.28. The van der Waals surface area contributed by atoms with E-state index in [2.05, 4.69) is 213 Å². The van der Waals surface area contributed by atoms with Gasteiger partial charge in [-0.2, -0.15) is 0 Å². The molecular formula is C55H47BrN3P. The molecule has 294 valence electrons. The Bertz CT molecular complexity index is 2480. The Kier molecular flexibility index (Phi) is 15.1. The van der Waals surface area contributed by atoms with Gasteiger partial charge < -0.3 is 21.5 Å². The molecule has 6 aromatic carbocycles. The van der Waals surface area contributed by atoms with Gasteiger partial charge in [-0.1, -0.05) is 139 Å². The summed E-state index contributed by atoms with van der Waals surface area (Å²) < 4.78 is 0.829. The summed E-state index contributed by atoms with van der Waals surface area (Å²) in [5.74, 6) is 13.6. The average molecular weight is 861 g/mol. The number of nitrogens with zero attached hydrogens (tertiary/aromatic N) is 3. The Morgan fingerprint density at radius 2 is 0.767 bits per heavy atom. The second-order valence-electron chi connectivity index (χ2n) is 15.2. The van der Waals surface area contributed by atoms with E-state index in [1.54, 1.807) is 0 Å². The highest BCUT2D eigenvalue weighted by molar-refractivity contribution is 7.79. The summed E-state index contributed by atoms with van der Waals surface area (Å²) in [4.78, 5) is 8.21. The zero-order chi connectivity index (χ0) is 40.9. The van der Waals surface area contributed by atoms with Gasteiger partial charge in [0.15, 0.2) is 0 Å². The number of benzene rings is 6. The van der Waals surface area contributed by atoms with Gasteiger partial charge in [-0.05, 0) is 119 Å². The summed E-state index contributed by atoms with van der Waals surface area (Å²) in [5, 5.41) is 4.19. The predicted octanol–water partition coefficient (Wildman–Crippen LogP) is 7.57. The van der Waals surface area contributed by atoms with Gasteiger partial charge in [0, 0.05) is 52.6 Å². The highest BCUT2D eigenvalue weighted by atomic mass is 79.9. The summed E-state index contributed by atoms with van der Waals surface area (Å²) in [6.07, 6.45) is 7.25. The Labute approximate surface area is 368 Å². The maximum absolute atomic E-state index is 4.11. The monoisotopic (exact) mass is 859 g/mol. The fourth-order valence-electron chi connectivity index (χ4n) is 6.71. The van der Waals surface area contributed by atoms with Crippen LogP contribution in [0.5, 0.6) is 0 Å². The van der Waals surface area contributed by atoms with Crippen LogP contribution in [0, 0.1) is 30.6 Å². The molecule has 0 bridgehead atoms. The third kappa shape index (κ3) is 12.1. The maximum atomic E-state index is 4.11. The van der Waals surface area contributed by atoms with Crippen molar-refractivity contribution in [2.75, 3.05) is 21.1 Å². The number of quaternary nitrogens is 1. The molecule has 0 aliphatic heterocycles. The van der Waals surface area contributed by atoms with E-state index in [0.29, 0.717) is 0 Å². The SMILES string of the molecule is Cc1c(C#Cc2ccc(-c3ccncc3)cc2)cc(C[N+](C)(C)C)cc1C#Cc1ccc(-c2ccncc2)cc1.[Br-].c1ccc(P(c2ccccc2)c2ccccc2)cc1. The number of pyridine rings is 2. The lowest BCUT2D eigenvalue weighted by molar-refractivity contribution is -0.884. The van der Waals surface area contributed by atoms with Crippen molar-refractivity contribution in [3.63, 3.8) is 0 Å². The highest BCUT2D eigenvalue weighted by Crippen LogP contribution is 2.32. The van der Waals surface area contributed by atoms with Crippen molar-refractivity contribution in [1.82, 2.24) is 9.97 Å². The highest BCUT2D eigenvalue weighted by Gasteiger charge is 2.15. The zero-order valence-electron chi connectivity index (χ0n) is 34.4. The normalized spacial score (nSPS) is 10.5. The van der Waals surface area contributed by atoms with Crippen LogP contribution in [-0.2, 0) is 6.54 Å². The first kappa shape index (κ1) is 43.2. The smallest absolute Gasteiger partial charge is 0.104 e. The molecule has 0 aliphatic rings. The van der Waals surface area contributed by atoms with Crippen molar-refractivity contribution in [2.24, 2.45) is 0 Å². The molecule has 0 unspecified atom stereocenters. The second-order valence-corrected chi connectivity index (χ2v) is 17.5. The van der Waals surface area contributed by atoms with E-state index < -0.39 is 7.92 Å². The molecule has 5 heteroatoms. The first-order valence-corrected chi connectivity index (χ1v) is 21.1. The molecule has 2 aromatic heterocycles. The van der Waals surface area contributed by atoms with Gasteiger partial charge in [-0.15, -0.1) is 0 Å². The fourth-order valence-corrected chi connectivity index (χ4v) is 9.02. The molecule has 3 nitrogen and oxygen atoms in total. The molecule has 8 aromatic rings. The summed E-state index contributed by atoms with van der Waals surface area (Å²) >= 11 is 0. The Balaban J connectivity index is 0.000000252. The van der Waals surface area contributed by atoms with Gasteiger partial charge in [0.2, 0.25) is 0 Å². The topological polar surface area (TPSA) is 25.8 Å². The third-order valence-electron chi connectivity index (χ3n) is 9.65. The number of hydrogen-bond donors (Lipinski definition) is 0. The lowest BCUT2D eigenvalue weighted by Crippen LogP contribution is -3.00. The van der Waals surface area contributed by atoms with Crippen molar-refractivity contribution < 1.29 is 21.5 Å². The zero-order valence-corrected chi connectivity index (χ0v) is 36.9. The van der Waals surface area contributed by atoms with Crippen LogP contribution in [0.15, 0.2) is 201 Å². The van der Waals surface area contributed by atoms with Crippen LogP contribution in [0.3, 0.4) is 0 Å². The molecule has 0 amide bonds. The molecule has 0 radical (unpaired) electrons. The lowest BCUT2D eigenvalue weighted by Gasteiger charge is -2.24. The first-order chi connectivity index (χ1) is 28.8. The maximum Gasteiger partial charge on any atom is 0.104 e. The lowest BCUT2D eigenvalue weighted by atomic mass is 9.97. The number of rotatable bonds is 7.